The summed E-state index contributed by atoms with van der Waals surface area (Å²) in [5.41, 5.74) is -0.213. The number of hydrogen-bond donors (Lipinski definition) is 2. The van der Waals surface area contributed by atoms with Gasteiger partial charge >= 0.3 is 12.3 Å². The van der Waals surface area contributed by atoms with Crippen molar-refractivity contribution in [1.82, 2.24) is 4.98 Å². The van der Waals surface area contributed by atoms with Crippen LogP contribution in [0, 0.1) is 0 Å². The van der Waals surface area contributed by atoms with Crippen LogP contribution in [0.25, 0.3) is 0 Å². The highest BCUT2D eigenvalue weighted by molar-refractivity contribution is 5.94. The van der Waals surface area contributed by atoms with Gasteiger partial charge < -0.3 is 15.2 Å². The molecule has 2 aromatic rings. The van der Waals surface area contributed by atoms with E-state index in [1.54, 1.807) is 0 Å². The number of benzene rings is 1. The molecule has 1 aromatic carbocycles. The minimum atomic E-state index is -4.85. The van der Waals surface area contributed by atoms with Gasteiger partial charge in [0.25, 0.3) is 0 Å². The lowest BCUT2D eigenvalue weighted by Crippen LogP contribution is -2.18. The van der Waals surface area contributed by atoms with Crippen LogP contribution >= 0.6 is 0 Å². The van der Waals surface area contributed by atoms with Crippen molar-refractivity contribution in [2.75, 3.05) is 5.32 Å². The number of anilines is 2. The van der Waals surface area contributed by atoms with Crippen molar-refractivity contribution in [1.29, 1.82) is 0 Å². The molecule has 0 aliphatic rings. The summed E-state index contributed by atoms with van der Waals surface area (Å²) in [6, 6.07) is 7.97. The molecule has 1 heterocycles. The van der Waals surface area contributed by atoms with Crippen molar-refractivity contribution in [2.24, 2.45) is 0 Å². The van der Waals surface area contributed by atoms with Crippen LogP contribution in [0.2, 0.25) is 0 Å². The number of ether oxygens (including phenoxy) is 1. The van der Waals surface area contributed by atoms with E-state index in [2.05, 4.69) is 15.0 Å². The maximum atomic E-state index is 12.3. The van der Waals surface area contributed by atoms with E-state index < -0.39 is 18.1 Å². The van der Waals surface area contributed by atoms with E-state index in [1.807, 2.05) is 0 Å². The van der Waals surface area contributed by atoms with Crippen LogP contribution in [0.4, 0.5) is 24.7 Å². The highest BCUT2D eigenvalue weighted by atomic mass is 19.4. The highest BCUT2D eigenvalue weighted by Gasteiger charge is 2.32. The predicted octanol–water partition coefficient (Wildman–Crippen LogP) is 3.42. The largest absolute Gasteiger partial charge is 0.573 e. The summed E-state index contributed by atoms with van der Waals surface area (Å²) in [5, 5.41) is 11.5. The number of carbonyl (C=O) groups is 1. The summed E-state index contributed by atoms with van der Waals surface area (Å²) in [6.07, 6.45) is -3.53. The Hall–Kier alpha value is -2.77. The van der Waals surface area contributed by atoms with Crippen molar-refractivity contribution >= 4 is 17.5 Å². The number of aromatic nitrogens is 1. The van der Waals surface area contributed by atoms with Crippen LogP contribution in [0.5, 0.6) is 5.75 Å². The molecule has 0 aliphatic carbocycles. The predicted molar refractivity (Wildman–Crippen MR) is 67.6 cm³/mol. The van der Waals surface area contributed by atoms with E-state index in [9.17, 15) is 18.0 Å². The fourth-order valence-corrected chi connectivity index (χ4v) is 1.59. The maximum absolute atomic E-state index is 12.3. The summed E-state index contributed by atoms with van der Waals surface area (Å²) in [7, 11) is 0. The van der Waals surface area contributed by atoms with Gasteiger partial charge in [0.15, 0.2) is 5.75 Å². The van der Waals surface area contributed by atoms with Gasteiger partial charge in [0.2, 0.25) is 0 Å². The lowest BCUT2D eigenvalue weighted by molar-refractivity contribution is -0.274. The van der Waals surface area contributed by atoms with Crippen molar-refractivity contribution in [3.8, 4) is 5.75 Å². The molecular formula is C13H9F3N2O3. The Balaban J connectivity index is 2.35. The number of nitrogens with zero attached hydrogens (tertiary/aromatic N) is 1. The third kappa shape index (κ3) is 3.85. The van der Waals surface area contributed by atoms with Crippen LogP contribution in [0.15, 0.2) is 42.6 Å². The Kier molecular flexibility index (Phi) is 3.97. The first-order chi connectivity index (χ1) is 9.87. The second-order valence-corrected chi connectivity index (χ2v) is 3.87. The lowest BCUT2D eigenvalue weighted by Gasteiger charge is -2.14. The van der Waals surface area contributed by atoms with Gasteiger partial charge in [0.05, 0.1) is 5.69 Å². The molecule has 1 aromatic heterocycles. The van der Waals surface area contributed by atoms with E-state index >= 15 is 0 Å². The summed E-state index contributed by atoms with van der Waals surface area (Å²) in [6.45, 7) is 0. The topological polar surface area (TPSA) is 71.5 Å². The number of hydrogen-bond acceptors (Lipinski definition) is 4. The number of pyridine rings is 1. The Morgan fingerprint density at radius 3 is 2.57 bits per heavy atom. The summed E-state index contributed by atoms with van der Waals surface area (Å²) < 4.78 is 40.8. The molecule has 0 aliphatic heterocycles. The van der Waals surface area contributed by atoms with Gasteiger partial charge in [0.1, 0.15) is 11.4 Å². The van der Waals surface area contributed by atoms with Crippen molar-refractivity contribution in [2.45, 2.75) is 6.36 Å². The number of halogens is 3. The van der Waals surface area contributed by atoms with Gasteiger partial charge in [-0.3, -0.25) is 0 Å². The first-order valence-electron chi connectivity index (χ1n) is 5.67. The van der Waals surface area contributed by atoms with Crippen molar-refractivity contribution in [3.05, 3.63) is 48.2 Å². The minimum Gasteiger partial charge on any atom is -0.478 e. The van der Waals surface area contributed by atoms with Crippen LogP contribution in [-0.4, -0.2) is 22.4 Å². The first kappa shape index (κ1) is 14.6. The van der Waals surface area contributed by atoms with E-state index in [-0.39, 0.29) is 17.1 Å². The normalized spacial score (nSPS) is 11.0. The van der Waals surface area contributed by atoms with Gasteiger partial charge in [-0.25, -0.2) is 9.78 Å². The van der Waals surface area contributed by atoms with Crippen LogP contribution in [-0.2, 0) is 0 Å². The SMILES string of the molecule is O=C(O)c1cccnc1Nc1ccccc1OC(F)(F)F. The molecule has 0 atom stereocenters. The van der Waals surface area contributed by atoms with E-state index in [0.717, 1.165) is 6.07 Å². The van der Waals surface area contributed by atoms with Crippen molar-refractivity contribution < 1.29 is 27.8 Å². The van der Waals surface area contributed by atoms with E-state index in [4.69, 9.17) is 5.11 Å². The minimum absolute atomic E-state index is 0.0453. The number of rotatable bonds is 4. The first-order valence-corrected chi connectivity index (χ1v) is 5.67. The molecule has 5 nitrogen and oxygen atoms in total. The molecule has 110 valence electrons. The average Bonchev–Trinajstić information content (AvgIpc) is 2.40. The summed E-state index contributed by atoms with van der Waals surface area (Å²) >= 11 is 0. The quantitative estimate of drug-likeness (QED) is 0.905. The molecular weight excluding hydrogens is 289 g/mol. The Morgan fingerprint density at radius 1 is 1.19 bits per heavy atom. The monoisotopic (exact) mass is 298 g/mol. The molecule has 0 spiro atoms. The summed E-state index contributed by atoms with van der Waals surface area (Å²) in [5.74, 6) is -1.81. The number of carboxylic acid groups (broad SMARTS) is 1. The molecule has 0 fully saturated rings. The standard InChI is InChI=1S/C13H9F3N2O3/c14-13(15,16)21-10-6-2-1-5-9(10)18-11-8(12(19)20)4-3-7-17-11/h1-7H,(H,17,18)(H,19,20). The fourth-order valence-electron chi connectivity index (χ4n) is 1.59. The maximum Gasteiger partial charge on any atom is 0.573 e. The van der Waals surface area contributed by atoms with Crippen LogP contribution in [0.3, 0.4) is 0 Å². The number of nitrogens with one attached hydrogen (secondary N) is 1. The summed E-state index contributed by atoms with van der Waals surface area (Å²) in [4.78, 5) is 14.8. The number of aromatic carboxylic acids is 1. The molecule has 2 N–H and O–H groups in total. The molecule has 8 heteroatoms. The number of carboxylic acids is 1. The molecule has 0 radical (unpaired) electrons. The number of para-hydroxylation sites is 2. The zero-order chi connectivity index (χ0) is 15.5. The second-order valence-electron chi connectivity index (χ2n) is 3.87. The van der Waals surface area contributed by atoms with Crippen LogP contribution < -0.4 is 10.1 Å². The Labute approximate surface area is 117 Å². The zero-order valence-electron chi connectivity index (χ0n) is 10.4. The van der Waals surface area contributed by atoms with Crippen LogP contribution in [0.1, 0.15) is 10.4 Å². The smallest absolute Gasteiger partial charge is 0.478 e. The lowest BCUT2D eigenvalue weighted by atomic mass is 10.2. The molecule has 0 saturated carbocycles. The van der Waals surface area contributed by atoms with Crippen molar-refractivity contribution in [3.63, 3.8) is 0 Å². The Morgan fingerprint density at radius 2 is 1.90 bits per heavy atom. The fraction of sp³-hybridized carbons (Fsp3) is 0.0769. The Bertz CT molecular complexity index is 659. The van der Waals surface area contributed by atoms with Gasteiger partial charge in [0, 0.05) is 6.20 Å². The average molecular weight is 298 g/mol. The highest BCUT2D eigenvalue weighted by Crippen LogP contribution is 2.32. The third-order valence-corrected chi connectivity index (χ3v) is 2.40. The van der Waals surface area contributed by atoms with E-state index in [0.29, 0.717) is 0 Å². The van der Waals surface area contributed by atoms with Gasteiger partial charge in [-0.15, -0.1) is 13.2 Å². The molecule has 0 saturated heterocycles. The molecule has 0 unspecified atom stereocenters. The van der Waals surface area contributed by atoms with Gasteiger partial charge in [-0.1, -0.05) is 12.1 Å². The molecule has 0 bridgehead atoms. The molecule has 21 heavy (non-hydrogen) atoms. The second kappa shape index (κ2) is 5.70. The number of alkyl halides is 3. The van der Waals surface area contributed by atoms with Gasteiger partial charge in [-0.2, -0.15) is 0 Å². The van der Waals surface area contributed by atoms with Gasteiger partial charge in [-0.05, 0) is 24.3 Å². The zero-order valence-corrected chi connectivity index (χ0v) is 10.4. The van der Waals surface area contributed by atoms with E-state index in [1.165, 1.54) is 36.5 Å². The third-order valence-electron chi connectivity index (χ3n) is 2.40. The molecule has 0 amide bonds. The molecule has 2 rings (SSSR count).